The highest BCUT2D eigenvalue weighted by Crippen LogP contribution is 2.30. The van der Waals surface area contributed by atoms with E-state index in [0.717, 1.165) is 24.0 Å². The molecule has 3 fully saturated rings. The average molecular weight is 293 g/mol. The zero-order valence-corrected chi connectivity index (χ0v) is 13.9. The highest BCUT2D eigenvalue weighted by molar-refractivity contribution is 4.91. The monoisotopic (exact) mass is 293 g/mol. The predicted octanol–water partition coefficient (Wildman–Crippen LogP) is 2.76. The summed E-state index contributed by atoms with van der Waals surface area (Å²) >= 11 is 0. The lowest BCUT2D eigenvalue weighted by atomic mass is 9.77. The van der Waals surface area contributed by atoms with Crippen LogP contribution in [0.1, 0.15) is 64.7 Å². The molecule has 122 valence electrons. The Morgan fingerprint density at radius 1 is 1.00 bits per heavy atom. The number of piperidine rings is 1. The van der Waals surface area contributed by atoms with E-state index >= 15 is 0 Å². The number of hydrogen-bond acceptors (Lipinski definition) is 3. The third-order valence-electron chi connectivity index (χ3n) is 6.12. The molecule has 1 saturated carbocycles. The summed E-state index contributed by atoms with van der Waals surface area (Å²) in [6, 6.07) is 2.27. The molecule has 3 heteroatoms. The SMILES string of the molecule is CC(CNC1CCCCC1C1CCCCN1)N1CCCC1. The molecule has 0 bridgehead atoms. The van der Waals surface area contributed by atoms with Gasteiger partial charge >= 0.3 is 0 Å². The standard InChI is InChI=1S/C18H35N3/c1-15(21-12-6-7-13-21)14-20-18-9-3-2-8-16(18)17-10-4-5-11-19-17/h15-20H,2-14H2,1H3. The second-order valence-corrected chi connectivity index (χ2v) is 7.61. The molecule has 1 aliphatic carbocycles. The molecule has 3 rings (SSSR count). The summed E-state index contributed by atoms with van der Waals surface area (Å²) in [5.74, 6) is 0.879. The maximum Gasteiger partial charge on any atom is 0.0192 e. The van der Waals surface area contributed by atoms with Gasteiger partial charge in [-0.25, -0.2) is 0 Å². The molecule has 0 amide bonds. The second kappa shape index (κ2) is 7.94. The van der Waals surface area contributed by atoms with Crippen molar-refractivity contribution in [2.24, 2.45) is 5.92 Å². The Balaban J connectivity index is 1.49. The fraction of sp³-hybridized carbons (Fsp3) is 1.00. The van der Waals surface area contributed by atoms with Crippen LogP contribution >= 0.6 is 0 Å². The van der Waals surface area contributed by atoms with Crippen molar-refractivity contribution in [3.63, 3.8) is 0 Å². The summed E-state index contributed by atoms with van der Waals surface area (Å²) in [5, 5.41) is 7.78. The molecule has 4 unspecified atom stereocenters. The molecule has 0 aromatic carbocycles. The van der Waals surface area contributed by atoms with E-state index < -0.39 is 0 Å². The highest BCUT2D eigenvalue weighted by Gasteiger charge is 2.32. The smallest absolute Gasteiger partial charge is 0.0192 e. The minimum atomic E-state index is 0.717. The van der Waals surface area contributed by atoms with Crippen molar-refractivity contribution in [1.29, 1.82) is 0 Å². The average Bonchev–Trinajstić information content (AvgIpc) is 3.08. The van der Waals surface area contributed by atoms with Crippen molar-refractivity contribution in [2.75, 3.05) is 26.2 Å². The Morgan fingerprint density at radius 2 is 1.76 bits per heavy atom. The number of rotatable bonds is 5. The van der Waals surface area contributed by atoms with Gasteiger partial charge in [-0.05, 0) is 71.0 Å². The van der Waals surface area contributed by atoms with E-state index in [2.05, 4.69) is 22.5 Å². The molecule has 0 aromatic heterocycles. The first kappa shape index (κ1) is 15.8. The zero-order valence-electron chi connectivity index (χ0n) is 13.9. The van der Waals surface area contributed by atoms with E-state index in [1.165, 1.54) is 84.0 Å². The van der Waals surface area contributed by atoms with Crippen LogP contribution in [0, 0.1) is 5.92 Å². The molecule has 0 aromatic rings. The van der Waals surface area contributed by atoms with Crippen LogP contribution in [0.4, 0.5) is 0 Å². The van der Waals surface area contributed by atoms with Gasteiger partial charge in [0.1, 0.15) is 0 Å². The van der Waals surface area contributed by atoms with Crippen molar-refractivity contribution in [1.82, 2.24) is 15.5 Å². The van der Waals surface area contributed by atoms with Crippen LogP contribution in [-0.2, 0) is 0 Å². The van der Waals surface area contributed by atoms with E-state index in [-0.39, 0.29) is 0 Å². The van der Waals surface area contributed by atoms with Gasteiger partial charge < -0.3 is 10.6 Å². The van der Waals surface area contributed by atoms with Gasteiger partial charge in [-0.1, -0.05) is 19.3 Å². The molecular weight excluding hydrogens is 258 g/mol. The summed E-state index contributed by atoms with van der Waals surface area (Å²) in [6.07, 6.45) is 12.7. The minimum Gasteiger partial charge on any atom is -0.314 e. The predicted molar refractivity (Wildman–Crippen MR) is 89.7 cm³/mol. The third-order valence-corrected chi connectivity index (χ3v) is 6.12. The van der Waals surface area contributed by atoms with Crippen molar-refractivity contribution in [3.8, 4) is 0 Å². The minimum absolute atomic E-state index is 0.717. The normalized spacial score (nSPS) is 36.7. The second-order valence-electron chi connectivity index (χ2n) is 7.61. The fourth-order valence-corrected chi connectivity index (χ4v) is 4.77. The van der Waals surface area contributed by atoms with Gasteiger partial charge in [0.25, 0.3) is 0 Å². The zero-order chi connectivity index (χ0) is 14.5. The van der Waals surface area contributed by atoms with Crippen LogP contribution < -0.4 is 10.6 Å². The topological polar surface area (TPSA) is 27.3 Å². The number of nitrogens with zero attached hydrogens (tertiary/aromatic N) is 1. The van der Waals surface area contributed by atoms with Gasteiger partial charge in [-0.15, -0.1) is 0 Å². The van der Waals surface area contributed by atoms with Gasteiger partial charge in [0.15, 0.2) is 0 Å². The first-order valence-corrected chi connectivity index (χ1v) is 9.55. The van der Waals surface area contributed by atoms with Gasteiger partial charge in [0, 0.05) is 24.7 Å². The maximum atomic E-state index is 3.96. The lowest BCUT2D eigenvalue weighted by Gasteiger charge is -2.40. The van der Waals surface area contributed by atoms with Crippen LogP contribution in [0.2, 0.25) is 0 Å². The van der Waals surface area contributed by atoms with E-state index in [0.29, 0.717) is 0 Å². The lowest BCUT2D eigenvalue weighted by Crippen LogP contribution is -2.52. The first-order valence-electron chi connectivity index (χ1n) is 9.55. The van der Waals surface area contributed by atoms with Crippen LogP contribution in [0.15, 0.2) is 0 Å². The Morgan fingerprint density at radius 3 is 2.52 bits per heavy atom. The van der Waals surface area contributed by atoms with Crippen molar-refractivity contribution in [2.45, 2.75) is 82.8 Å². The Bertz CT molecular complexity index is 295. The van der Waals surface area contributed by atoms with Gasteiger partial charge in [-0.2, -0.15) is 0 Å². The Labute approximate surface area is 131 Å². The molecule has 0 radical (unpaired) electrons. The van der Waals surface area contributed by atoms with Crippen LogP contribution in [0.25, 0.3) is 0 Å². The molecule has 21 heavy (non-hydrogen) atoms. The van der Waals surface area contributed by atoms with Gasteiger partial charge in [0.05, 0.1) is 0 Å². The summed E-state index contributed by atoms with van der Waals surface area (Å²) < 4.78 is 0. The highest BCUT2D eigenvalue weighted by atomic mass is 15.2. The molecule has 2 aliphatic heterocycles. The van der Waals surface area contributed by atoms with E-state index in [4.69, 9.17) is 0 Å². The molecule has 3 nitrogen and oxygen atoms in total. The van der Waals surface area contributed by atoms with Gasteiger partial charge in [-0.3, -0.25) is 4.90 Å². The Kier molecular flexibility index (Phi) is 5.96. The number of nitrogens with one attached hydrogen (secondary N) is 2. The summed E-state index contributed by atoms with van der Waals surface area (Å²) in [7, 11) is 0. The van der Waals surface area contributed by atoms with E-state index in [9.17, 15) is 0 Å². The van der Waals surface area contributed by atoms with E-state index in [1.54, 1.807) is 0 Å². The van der Waals surface area contributed by atoms with Crippen LogP contribution in [-0.4, -0.2) is 49.2 Å². The van der Waals surface area contributed by atoms with Crippen molar-refractivity contribution in [3.05, 3.63) is 0 Å². The quantitative estimate of drug-likeness (QED) is 0.816. The first-order chi connectivity index (χ1) is 10.3. The molecule has 3 aliphatic rings. The van der Waals surface area contributed by atoms with Crippen LogP contribution in [0.5, 0.6) is 0 Å². The maximum absolute atomic E-state index is 3.96. The van der Waals surface area contributed by atoms with Crippen LogP contribution in [0.3, 0.4) is 0 Å². The van der Waals surface area contributed by atoms with Gasteiger partial charge in [0.2, 0.25) is 0 Å². The van der Waals surface area contributed by atoms with E-state index in [1.807, 2.05) is 0 Å². The number of hydrogen-bond donors (Lipinski definition) is 2. The third kappa shape index (κ3) is 4.20. The summed E-state index contributed by atoms with van der Waals surface area (Å²) in [5.41, 5.74) is 0. The summed E-state index contributed by atoms with van der Waals surface area (Å²) in [4.78, 5) is 2.67. The molecule has 4 atom stereocenters. The molecule has 0 spiro atoms. The lowest BCUT2D eigenvalue weighted by molar-refractivity contribution is 0.167. The molecular formula is C18H35N3. The van der Waals surface area contributed by atoms with Crippen molar-refractivity contribution >= 4 is 0 Å². The number of likely N-dealkylation sites (tertiary alicyclic amines) is 1. The largest absolute Gasteiger partial charge is 0.314 e. The Hall–Kier alpha value is -0.120. The summed E-state index contributed by atoms with van der Waals surface area (Å²) in [6.45, 7) is 7.49. The molecule has 2 heterocycles. The van der Waals surface area contributed by atoms with Crippen molar-refractivity contribution < 1.29 is 0 Å². The molecule has 2 saturated heterocycles. The fourth-order valence-electron chi connectivity index (χ4n) is 4.77. The molecule has 2 N–H and O–H groups in total.